The first-order chi connectivity index (χ1) is 10.4. The number of hydrogen-bond acceptors (Lipinski definition) is 2. The van der Waals surface area contributed by atoms with E-state index in [-0.39, 0.29) is 18.3 Å². The highest BCUT2D eigenvalue weighted by atomic mass is 19.1. The molecule has 0 aliphatic carbocycles. The second kappa shape index (κ2) is 6.60. The van der Waals surface area contributed by atoms with Gasteiger partial charge in [-0.1, -0.05) is 17.7 Å². The van der Waals surface area contributed by atoms with Gasteiger partial charge < -0.3 is 10.1 Å². The molecule has 0 saturated heterocycles. The van der Waals surface area contributed by atoms with E-state index in [9.17, 15) is 9.18 Å². The summed E-state index contributed by atoms with van der Waals surface area (Å²) in [6.45, 7) is 7.60. The third kappa shape index (κ3) is 3.85. The van der Waals surface area contributed by atoms with Crippen molar-refractivity contribution in [2.45, 2.75) is 27.7 Å². The zero-order valence-electron chi connectivity index (χ0n) is 13.3. The molecule has 0 spiro atoms. The van der Waals surface area contributed by atoms with Crippen LogP contribution < -0.4 is 10.1 Å². The van der Waals surface area contributed by atoms with Crippen LogP contribution in [0.15, 0.2) is 30.3 Å². The van der Waals surface area contributed by atoms with E-state index in [0.29, 0.717) is 11.3 Å². The molecular weight excluding hydrogens is 281 g/mol. The fraction of sp³-hybridized carbons (Fsp3) is 0.278. The minimum atomic E-state index is -0.322. The van der Waals surface area contributed by atoms with Crippen LogP contribution in [0.25, 0.3) is 0 Å². The van der Waals surface area contributed by atoms with Crippen LogP contribution in [-0.4, -0.2) is 12.5 Å². The molecule has 0 saturated carbocycles. The number of amides is 1. The van der Waals surface area contributed by atoms with Crippen molar-refractivity contribution >= 4 is 11.6 Å². The standard InChI is InChI=1S/C18H20FNO2/c1-11-7-13(3)18(14(4)8-11)22-10-17(21)20-16-6-5-15(19)9-12(16)2/h5-9H,10H2,1-4H3,(H,20,21). The maximum absolute atomic E-state index is 13.0. The quantitative estimate of drug-likeness (QED) is 0.924. The topological polar surface area (TPSA) is 38.3 Å². The predicted molar refractivity (Wildman–Crippen MR) is 85.9 cm³/mol. The predicted octanol–water partition coefficient (Wildman–Crippen LogP) is 4.08. The molecule has 0 aliphatic rings. The zero-order chi connectivity index (χ0) is 16.3. The number of carbonyl (C=O) groups is 1. The van der Waals surface area contributed by atoms with Crippen molar-refractivity contribution in [1.82, 2.24) is 0 Å². The number of anilines is 1. The van der Waals surface area contributed by atoms with Crippen molar-refractivity contribution in [3.05, 3.63) is 58.4 Å². The molecule has 1 N–H and O–H groups in total. The highest BCUT2D eigenvalue weighted by Gasteiger charge is 2.10. The fourth-order valence-electron chi connectivity index (χ4n) is 2.49. The number of halogens is 1. The van der Waals surface area contributed by atoms with Gasteiger partial charge in [-0.05, 0) is 62.6 Å². The number of benzene rings is 2. The van der Waals surface area contributed by atoms with Gasteiger partial charge in [-0.25, -0.2) is 4.39 Å². The lowest BCUT2D eigenvalue weighted by atomic mass is 10.1. The van der Waals surface area contributed by atoms with Gasteiger partial charge in [0.15, 0.2) is 6.61 Å². The van der Waals surface area contributed by atoms with Crippen molar-refractivity contribution in [3.8, 4) is 5.75 Å². The lowest BCUT2D eigenvalue weighted by molar-refractivity contribution is -0.118. The lowest BCUT2D eigenvalue weighted by Gasteiger charge is -2.13. The van der Waals surface area contributed by atoms with Gasteiger partial charge >= 0.3 is 0 Å². The van der Waals surface area contributed by atoms with E-state index in [1.54, 1.807) is 13.0 Å². The first kappa shape index (κ1) is 16.0. The first-order valence-electron chi connectivity index (χ1n) is 7.13. The van der Waals surface area contributed by atoms with Crippen LogP contribution in [0.3, 0.4) is 0 Å². The molecule has 0 heterocycles. The molecule has 0 fully saturated rings. The van der Waals surface area contributed by atoms with Crippen LogP contribution in [0.2, 0.25) is 0 Å². The van der Waals surface area contributed by atoms with Crippen molar-refractivity contribution in [3.63, 3.8) is 0 Å². The van der Waals surface area contributed by atoms with Gasteiger partial charge in [-0.2, -0.15) is 0 Å². The molecule has 2 aromatic rings. The lowest BCUT2D eigenvalue weighted by Crippen LogP contribution is -2.21. The number of carbonyl (C=O) groups excluding carboxylic acids is 1. The van der Waals surface area contributed by atoms with E-state index in [4.69, 9.17) is 4.74 Å². The second-order valence-corrected chi connectivity index (χ2v) is 5.52. The SMILES string of the molecule is Cc1cc(C)c(OCC(=O)Nc2ccc(F)cc2C)c(C)c1. The smallest absolute Gasteiger partial charge is 0.262 e. The van der Waals surface area contributed by atoms with Crippen molar-refractivity contribution in [1.29, 1.82) is 0 Å². The molecule has 2 rings (SSSR count). The van der Waals surface area contributed by atoms with Crippen LogP contribution in [0.5, 0.6) is 5.75 Å². The van der Waals surface area contributed by atoms with E-state index < -0.39 is 0 Å². The highest BCUT2D eigenvalue weighted by molar-refractivity contribution is 5.92. The monoisotopic (exact) mass is 301 g/mol. The van der Waals surface area contributed by atoms with Crippen LogP contribution in [0, 0.1) is 33.5 Å². The molecule has 2 aromatic carbocycles. The molecule has 0 aromatic heterocycles. The summed E-state index contributed by atoms with van der Waals surface area (Å²) in [5, 5.41) is 2.73. The summed E-state index contributed by atoms with van der Waals surface area (Å²) in [6, 6.07) is 8.28. The summed E-state index contributed by atoms with van der Waals surface area (Å²) < 4.78 is 18.7. The molecule has 0 radical (unpaired) electrons. The summed E-state index contributed by atoms with van der Waals surface area (Å²) in [6.07, 6.45) is 0. The van der Waals surface area contributed by atoms with E-state index in [2.05, 4.69) is 5.32 Å². The van der Waals surface area contributed by atoms with Crippen LogP contribution in [0.1, 0.15) is 22.3 Å². The molecule has 0 atom stereocenters. The fourth-order valence-corrected chi connectivity index (χ4v) is 2.49. The summed E-state index contributed by atoms with van der Waals surface area (Å²) in [4.78, 5) is 12.0. The van der Waals surface area contributed by atoms with E-state index in [1.165, 1.54) is 12.1 Å². The number of ether oxygens (including phenoxy) is 1. The molecule has 0 aliphatic heterocycles. The minimum absolute atomic E-state index is 0.0818. The van der Waals surface area contributed by atoms with Crippen LogP contribution >= 0.6 is 0 Å². The molecule has 0 bridgehead atoms. The Labute approximate surface area is 130 Å². The van der Waals surface area contributed by atoms with Crippen molar-refractivity contribution in [2.24, 2.45) is 0 Å². The Kier molecular flexibility index (Phi) is 4.81. The summed E-state index contributed by atoms with van der Waals surface area (Å²) in [5.74, 6) is 0.142. The Morgan fingerprint density at radius 2 is 1.68 bits per heavy atom. The molecule has 22 heavy (non-hydrogen) atoms. The number of hydrogen-bond donors (Lipinski definition) is 1. The highest BCUT2D eigenvalue weighted by Crippen LogP contribution is 2.24. The van der Waals surface area contributed by atoms with Gasteiger partial charge in [0.2, 0.25) is 0 Å². The van der Waals surface area contributed by atoms with E-state index >= 15 is 0 Å². The second-order valence-electron chi connectivity index (χ2n) is 5.52. The van der Waals surface area contributed by atoms with Crippen LogP contribution in [-0.2, 0) is 4.79 Å². The van der Waals surface area contributed by atoms with Gasteiger partial charge in [0, 0.05) is 5.69 Å². The van der Waals surface area contributed by atoms with Crippen molar-refractivity contribution < 1.29 is 13.9 Å². The number of rotatable bonds is 4. The van der Waals surface area contributed by atoms with Gasteiger partial charge in [-0.3, -0.25) is 4.79 Å². The largest absolute Gasteiger partial charge is 0.483 e. The van der Waals surface area contributed by atoms with Gasteiger partial charge in [0.05, 0.1) is 0 Å². The third-order valence-electron chi connectivity index (χ3n) is 3.41. The summed E-state index contributed by atoms with van der Waals surface area (Å²) >= 11 is 0. The Bertz CT molecular complexity index is 687. The summed E-state index contributed by atoms with van der Waals surface area (Å²) in [5.41, 5.74) is 4.43. The Morgan fingerprint density at radius 3 is 2.27 bits per heavy atom. The van der Waals surface area contributed by atoms with E-state index in [0.717, 1.165) is 22.4 Å². The van der Waals surface area contributed by atoms with Gasteiger partial charge in [-0.15, -0.1) is 0 Å². The molecule has 0 unspecified atom stereocenters. The first-order valence-corrected chi connectivity index (χ1v) is 7.13. The van der Waals surface area contributed by atoms with Crippen molar-refractivity contribution in [2.75, 3.05) is 11.9 Å². The molecule has 1 amide bonds. The average Bonchev–Trinajstić information content (AvgIpc) is 2.40. The molecule has 116 valence electrons. The Balaban J connectivity index is 2.02. The number of aryl methyl sites for hydroxylation is 4. The Hall–Kier alpha value is -2.36. The summed E-state index contributed by atoms with van der Waals surface area (Å²) in [7, 11) is 0. The minimum Gasteiger partial charge on any atom is -0.483 e. The van der Waals surface area contributed by atoms with Crippen LogP contribution in [0.4, 0.5) is 10.1 Å². The van der Waals surface area contributed by atoms with Gasteiger partial charge in [0.25, 0.3) is 5.91 Å². The molecule has 3 nitrogen and oxygen atoms in total. The molecule has 4 heteroatoms. The van der Waals surface area contributed by atoms with E-state index in [1.807, 2.05) is 32.9 Å². The molecular formula is C18H20FNO2. The maximum atomic E-state index is 13.0. The zero-order valence-corrected chi connectivity index (χ0v) is 13.3. The Morgan fingerprint density at radius 1 is 1.05 bits per heavy atom. The third-order valence-corrected chi connectivity index (χ3v) is 3.41. The normalized spacial score (nSPS) is 10.4. The average molecular weight is 301 g/mol. The van der Waals surface area contributed by atoms with Gasteiger partial charge in [0.1, 0.15) is 11.6 Å². The number of nitrogens with one attached hydrogen (secondary N) is 1. The maximum Gasteiger partial charge on any atom is 0.262 e.